The molecule has 1 aromatic carbocycles. The van der Waals surface area contributed by atoms with Crippen LogP contribution in [0.15, 0.2) is 58.3 Å². The van der Waals surface area contributed by atoms with Gasteiger partial charge in [-0.3, -0.25) is 14.2 Å². The number of hydrogen-bond donors (Lipinski definition) is 0. The Labute approximate surface area is 184 Å². The van der Waals surface area contributed by atoms with Crippen LogP contribution in [0, 0.1) is 0 Å². The van der Waals surface area contributed by atoms with Crippen LogP contribution in [0.1, 0.15) is 26.2 Å². The zero-order chi connectivity index (χ0) is 21.1. The Bertz CT molecular complexity index is 1120. The summed E-state index contributed by atoms with van der Waals surface area (Å²) in [7, 11) is 0. The maximum absolute atomic E-state index is 13.4. The highest BCUT2D eigenvalue weighted by Crippen LogP contribution is 2.32. The molecule has 1 saturated heterocycles. The van der Waals surface area contributed by atoms with Gasteiger partial charge in [0.15, 0.2) is 5.16 Å². The normalized spacial score (nSPS) is 16.7. The number of allylic oxidation sites excluding steroid dienone is 1. The SMILES string of the molecule is C=CCn1c(SCC(=O)N2CCCC[C@H]2C)nc2scc(-c3ccccc3)c2c1=O. The first-order chi connectivity index (χ1) is 14.6. The van der Waals surface area contributed by atoms with Crippen LogP contribution in [0.5, 0.6) is 0 Å². The average Bonchev–Trinajstić information content (AvgIpc) is 3.19. The smallest absolute Gasteiger partial charge is 0.263 e. The lowest BCUT2D eigenvalue weighted by Crippen LogP contribution is -2.43. The third kappa shape index (κ3) is 4.09. The summed E-state index contributed by atoms with van der Waals surface area (Å²) in [6.45, 7) is 7.08. The van der Waals surface area contributed by atoms with Crippen LogP contribution < -0.4 is 5.56 Å². The number of hydrogen-bond acceptors (Lipinski definition) is 5. The molecule has 5 nitrogen and oxygen atoms in total. The number of thioether (sulfide) groups is 1. The van der Waals surface area contributed by atoms with E-state index < -0.39 is 0 Å². The topological polar surface area (TPSA) is 55.2 Å². The van der Waals surface area contributed by atoms with Gasteiger partial charge in [-0.2, -0.15) is 0 Å². The van der Waals surface area contributed by atoms with E-state index in [1.54, 1.807) is 10.6 Å². The van der Waals surface area contributed by atoms with Crippen molar-refractivity contribution in [3.63, 3.8) is 0 Å². The second-order valence-corrected chi connectivity index (χ2v) is 9.32. The Morgan fingerprint density at radius 3 is 2.87 bits per heavy atom. The molecule has 0 bridgehead atoms. The fourth-order valence-corrected chi connectivity index (χ4v) is 5.80. The predicted octanol–water partition coefficient (Wildman–Crippen LogP) is 4.80. The Balaban J connectivity index is 1.66. The molecular formula is C23H25N3O2S2. The van der Waals surface area contributed by atoms with Crippen LogP contribution in [-0.4, -0.2) is 38.7 Å². The third-order valence-corrected chi connectivity index (χ3v) is 7.34. The van der Waals surface area contributed by atoms with Gasteiger partial charge in [0.2, 0.25) is 5.91 Å². The maximum atomic E-state index is 13.4. The largest absolute Gasteiger partial charge is 0.339 e. The molecule has 0 saturated carbocycles. The van der Waals surface area contributed by atoms with E-state index in [9.17, 15) is 9.59 Å². The van der Waals surface area contributed by atoms with Gasteiger partial charge < -0.3 is 4.90 Å². The standard InChI is InChI=1S/C23H25N3O2S2/c1-3-12-26-22(28)20-18(17-10-5-4-6-11-17)14-29-21(20)24-23(26)30-15-19(27)25-13-8-7-9-16(25)2/h3-6,10-11,14,16H,1,7-9,12-13,15H2,2H3/t16-/m1/s1. The summed E-state index contributed by atoms with van der Waals surface area (Å²) in [5.74, 6) is 0.402. The van der Waals surface area contributed by atoms with Crippen molar-refractivity contribution in [2.24, 2.45) is 0 Å². The van der Waals surface area contributed by atoms with E-state index in [4.69, 9.17) is 4.98 Å². The number of thiophene rings is 1. The van der Waals surface area contributed by atoms with Crippen molar-refractivity contribution in [1.82, 2.24) is 14.5 Å². The summed E-state index contributed by atoms with van der Waals surface area (Å²) in [6.07, 6.45) is 4.99. The van der Waals surface area contributed by atoms with E-state index in [-0.39, 0.29) is 23.3 Å². The molecule has 0 spiro atoms. The van der Waals surface area contributed by atoms with E-state index in [1.165, 1.54) is 29.5 Å². The molecular weight excluding hydrogens is 414 g/mol. The van der Waals surface area contributed by atoms with Gasteiger partial charge in [0, 0.05) is 30.1 Å². The van der Waals surface area contributed by atoms with Crippen LogP contribution in [0.25, 0.3) is 21.3 Å². The van der Waals surface area contributed by atoms with Crippen molar-refractivity contribution >= 4 is 39.2 Å². The van der Waals surface area contributed by atoms with Gasteiger partial charge in [-0.25, -0.2) is 4.98 Å². The van der Waals surface area contributed by atoms with Crippen molar-refractivity contribution in [3.8, 4) is 11.1 Å². The first-order valence-corrected chi connectivity index (χ1v) is 12.1. The molecule has 1 atom stereocenters. The van der Waals surface area contributed by atoms with Crippen molar-refractivity contribution in [3.05, 3.63) is 58.7 Å². The first-order valence-electron chi connectivity index (χ1n) is 10.2. The van der Waals surface area contributed by atoms with Crippen molar-refractivity contribution < 1.29 is 4.79 Å². The van der Waals surface area contributed by atoms with Gasteiger partial charge in [-0.1, -0.05) is 48.2 Å². The predicted molar refractivity (Wildman–Crippen MR) is 125 cm³/mol. The number of piperidine rings is 1. The van der Waals surface area contributed by atoms with Crippen molar-refractivity contribution in [2.45, 2.75) is 43.9 Å². The van der Waals surface area contributed by atoms with Crippen LogP contribution in [0.4, 0.5) is 0 Å². The first kappa shape index (κ1) is 20.9. The second-order valence-electron chi connectivity index (χ2n) is 7.51. The van der Waals surface area contributed by atoms with Gasteiger partial charge in [-0.05, 0) is 31.7 Å². The molecule has 3 heterocycles. The maximum Gasteiger partial charge on any atom is 0.263 e. The molecule has 3 aromatic rings. The molecule has 30 heavy (non-hydrogen) atoms. The number of rotatable bonds is 6. The number of aromatic nitrogens is 2. The average molecular weight is 440 g/mol. The number of amides is 1. The number of carbonyl (C=O) groups is 1. The summed E-state index contributed by atoms with van der Waals surface area (Å²) < 4.78 is 1.63. The highest BCUT2D eigenvalue weighted by molar-refractivity contribution is 7.99. The summed E-state index contributed by atoms with van der Waals surface area (Å²) >= 11 is 2.81. The lowest BCUT2D eigenvalue weighted by atomic mass is 10.0. The molecule has 1 aliphatic heterocycles. The molecule has 4 rings (SSSR count). The summed E-state index contributed by atoms with van der Waals surface area (Å²) in [5.41, 5.74) is 1.82. The quantitative estimate of drug-likeness (QED) is 0.314. The van der Waals surface area contributed by atoms with E-state index in [1.807, 2.05) is 40.6 Å². The Kier molecular flexibility index (Phi) is 6.39. The lowest BCUT2D eigenvalue weighted by molar-refractivity contribution is -0.131. The zero-order valence-corrected chi connectivity index (χ0v) is 18.7. The summed E-state index contributed by atoms with van der Waals surface area (Å²) in [6, 6.07) is 10.2. The summed E-state index contributed by atoms with van der Waals surface area (Å²) in [5, 5.41) is 3.20. The minimum absolute atomic E-state index is 0.0821. The fourth-order valence-electron chi connectivity index (χ4n) is 3.91. The van der Waals surface area contributed by atoms with Crippen molar-refractivity contribution in [1.29, 1.82) is 0 Å². The molecule has 0 N–H and O–H groups in total. The van der Waals surface area contributed by atoms with E-state index in [2.05, 4.69) is 13.5 Å². The van der Waals surface area contributed by atoms with E-state index in [0.717, 1.165) is 30.5 Å². The highest BCUT2D eigenvalue weighted by atomic mass is 32.2. The minimum atomic E-state index is -0.0821. The monoisotopic (exact) mass is 439 g/mol. The van der Waals surface area contributed by atoms with Gasteiger partial charge in [0.25, 0.3) is 5.56 Å². The number of benzene rings is 1. The Morgan fingerprint density at radius 1 is 1.33 bits per heavy atom. The van der Waals surface area contributed by atoms with Crippen molar-refractivity contribution in [2.75, 3.05) is 12.3 Å². The van der Waals surface area contributed by atoms with Crippen LogP contribution in [0.3, 0.4) is 0 Å². The number of fused-ring (bicyclic) bond motifs is 1. The molecule has 156 valence electrons. The number of likely N-dealkylation sites (tertiary alicyclic amines) is 1. The second kappa shape index (κ2) is 9.18. The Hall–Kier alpha value is -2.38. The molecule has 1 fully saturated rings. The van der Waals surface area contributed by atoms with Crippen LogP contribution in [-0.2, 0) is 11.3 Å². The van der Waals surface area contributed by atoms with Gasteiger partial charge in [0.05, 0.1) is 11.1 Å². The molecule has 2 aromatic heterocycles. The number of nitrogens with zero attached hydrogens (tertiary/aromatic N) is 3. The lowest BCUT2D eigenvalue weighted by Gasteiger charge is -2.33. The Morgan fingerprint density at radius 2 is 2.13 bits per heavy atom. The van der Waals surface area contributed by atoms with Gasteiger partial charge in [0.1, 0.15) is 4.83 Å². The van der Waals surface area contributed by atoms with E-state index >= 15 is 0 Å². The fraction of sp³-hybridized carbons (Fsp3) is 0.348. The van der Waals surface area contributed by atoms with Crippen LogP contribution >= 0.6 is 23.1 Å². The molecule has 0 radical (unpaired) electrons. The minimum Gasteiger partial charge on any atom is -0.339 e. The number of carbonyl (C=O) groups excluding carboxylic acids is 1. The molecule has 1 aliphatic rings. The summed E-state index contributed by atoms with van der Waals surface area (Å²) in [4.78, 5) is 33.6. The van der Waals surface area contributed by atoms with Crippen LogP contribution in [0.2, 0.25) is 0 Å². The van der Waals surface area contributed by atoms with E-state index in [0.29, 0.717) is 21.9 Å². The zero-order valence-electron chi connectivity index (χ0n) is 17.0. The highest BCUT2D eigenvalue weighted by Gasteiger charge is 2.24. The molecule has 0 aliphatic carbocycles. The third-order valence-electron chi connectivity index (χ3n) is 5.50. The molecule has 7 heteroatoms. The molecule has 0 unspecified atom stereocenters. The van der Waals surface area contributed by atoms with Gasteiger partial charge >= 0.3 is 0 Å². The molecule has 1 amide bonds. The van der Waals surface area contributed by atoms with Gasteiger partial charge in [-0.15, -0.1) is 17.9 Å².